The largest absolute Gasteiger partial charge is 0.338 e. The number of nitrogens with one attached hydrogen (secondary N) is 1. The fourth-order valence-electron chi connectivity index (χ4n) is 3.03. The molecule has 1 heterocycles. The van der Waals surface area contributed by atoms with Crippen molar-refractivity contribution in [3.05, 3.63) is 76.3 Å². The van der Waals surface area contributed by atoms with Crippen LogP contribution in [0.2, 0.25) is 0 Å². The lowest BCUT2D eigenvalue weighted by Crippen LogP contribution is -2.38. The van der Waals surface area contributed by atoms with Crippen LogP contribution in [-0.4, -0.2) is 46.3 Å². The number of amides is 1. The molecule has 27 heavy (non-hydrogen) atoms. The molecule has 0 aliphatic rings. The molecule has 3 rings (SSSR count). The van der Waals surface area contributed by atoms with E-state index in [9.17, 15) is 9.59 Å². The zero-order valence-corrected chi connectivity index (χ0v) is 15.8. The summed E-state index contributed by atoms with van der Waals surface area (Å²) < 4.78 is 0. The van der Waals surface area contributed by atoms with Crippen molar-refractivity contribution < 1.29 is 4.79 Å². The summed E-state index contributed by atoms with van der Waals surface area (Å²) in [6.07, 6.45) is 0. The highest BCUT2D eigenvalue weighted by Gasteiger charge is 2.19. The third-order valence-electron chi connectivity index (χ3n) is 4.74. The first-order chi connectivity index (χ1) is 13.0. The number of carbonyl (C=O) groups is 1. The minimum atomic E-state index is -0.162. The van der Waals surface area contributed by atoms with Gasteiger partial charge in [0.2, 0.25) is 5.91 Å². The Kier molecular flexibility index (Phi) is 5.66. The first kappa shape index (κ1) is 18.8. The number of H-pyrrole nitrogens is 1. The van der Waals surface area contributed by atoms with Gasteiger partial charge in [-0.25, -0.2) is 4.98 Å². The molecule has 1 N–H and O–H groups in total. The fraction of sp³-hybridized carbons (Fsp3) is 0.286. The summed E-state index contributed by atoms with van der Waals surface area (Å²) in [4.78, 5) is 35.7. The van der Waals surface area contributed by atoms with Gasteiger partial charge in [0, 0.05) is 7.05 Å². The number of hydrogen-bond donors (Lipinski definition) is 1. The number of aromatic nitrogens is 2. The average Bonchev–Trinajstić information content (AvgIpc) is 2.67. The Hall–Kier alpha value is -2.99. The molecule has 6 nitrogen and oxygen atoms in total. The summed E-state index contributed by atoms with van der Waals surface area (Å²) in [5.74, 6) is 0.560. The van der Waals surface area contributed by atoms with E-state index in [0.29, 0.717) is 23.3 Å². The van der Waals surface area contributed by atoms with Crippen LogP contribution in [0.15, 0.2) is 59.4 Å². The van der Waals surface area contributed by atoms with Gasteiger partial charge in [-0.15, -0.1) is 0 Å². The predicted molar refractivity (Wildman–Crippen MR) is 106 cm³/mol. The van der Waals surface area contributed by atoms with E-state index in [1.54, 1.807) is 11.0 Å². The summed E-state index contributed by atoms with van der Waals surface area (Å²) in [6.45, 7) is 2.64. The van der Waals surface area contributed by atoms with Crippen molar-refractivity contribution in [3.8, 4) is 0 Å². The number of likely N-dealkylation sites (N-methyl/N-ethyl adjacent to an activating group) is 2. The lowest BCUT2D eigenvalue weighted by molar-refractivity contribution is -0.132. The summed E-state index contributed by atoms with van der Waals surface area (Å²) >= 11 is 0. The first-order valence-corrected chi connectivity index (χ1v) is 8.93. The van der Waals surface area contributed by atoms with Gasteiger partial charge in [-0.05, 0) is 31.7 Å². The molecule has 1 amide bonds. The highest BCUT2D eigenvalue weighted by molar-refractivity contribution is 5.78. The van der Waals surface area contributed by atoms with Crippen molar-refractivity contribution in [2.45, 2.75) is 19.5 Å². The number of rotatable bonds is 6. The smallest absolute Gasteiger partial charge is 0.258 e. The Labute approximate surface area is 158 Å². The number of para-hydroxylation sites is 1. The van der Waals surface area contributed by atoms with E-state index in [1.807, 2.05) is 74.4 Å². The molecule has 0 saturated carbocycles. The molecule has 140 valence electrons. The van der Waals surface area contributed by atoms with Crippen LogP contribution in [-0.2, 0) is 11.3 Å². The molecule has 0 spiro atoms. The second kappa shape index (κ2) is 8.14. The molecule has 6 heteroatoms. The molecule has 0 unspecified atom stereocenters. The molecule has 1 aromatic heterocycles. The monoisotopic (exact) mass is 364 g/mol. The second-order valence-corrected chi connectivity index (χ2v) is 6.79. The van der Waals surface area contributed by atoms with Gasteiger partial charge in [0.25, 0.3) is 5.56 Å². The topological polar surface area (TPSA) is 69.3 Å². The van der Waals surface area contributed by atoms with E-state index >= 15 is 0 Å². The molecule has 3 aromatic rings. The van der Waals surface area contributed by atoms with Crippen molar-refractivity contribution in [3.63, 3.8) is 0 Å². The summed E-state index contributed by atoms with van der Waals surface area (Å²) in [7, 11) is 3.65. The summed E-state index contributed by atoms with van der Waals surface area (Å²) in [5, 5.41) is 0.566. The maximum atomic E-state index is 12.6. The molecular formula is C21H24N4O2. The van der Waals surface area contributed by atoms with Gasteiger partial charge in [-0.2, -0.15) is 0 Å². The van der Waals surface area contributed by atoms with Crippen LogP contribution >= 0.6 is 0 Å². The molecule has 2 aromatic carbocycles. The lowest BCUT2D eigenvalue weighted by Gasteiger charge is -2.27. The Morgan fingerprint density at radius 1 is 1.07 bits per heavy atom. The Bertz CT molecular complexity index is 984. The average molecular weight is 364 g/mol. The van der Waals surface area contributed by atoms with Crippen molar-refractivity contribution in [2.24, 2.45) is 0 Å². The van der Waals surface area contributed by atoms with Crippen LogP contribution in [0.25, 0.3) is 10.9 Å². The van der Waals surface area contributed by atoms with Gasteiger partial charge in [0.1, 0.15) is 5.82 Å². The first-order valence-electron chi connectivity index (χ1n) is 8.93. The van der Waals surface area contributed by atoms with Gasteiger partial charge in [0.05, 0.1) is 30.0 Å². The van der Waals surface area contributed by atoms with Crippen LogP contribution in [0.4, 0.5) is 0 Å². The lowest BCUT2D eigenvalue weighted by atomic mass is 10.1. The highest BCUT2D eigenvalue weighted by atomic mass is 16.2. The number of hydrogen-bond acceptors (Lipinski definition) is 4. The van der Waals surface area contributed by atoms with E-state index in [-0.39, 0.29) is 24.1 Å². The maximum Gasteiger partial charge on any atom is 0.258 e. The second-order valence-electron chi connectivity index (χ2n) is 6.79. The SMILES string of the molecule is C[C@H](c1ccccc1)N(C)C(=O)CN(C)Cc1nc2ccccc2c(=O)[nH]1. The van der Waals surface area contributed by atoms with Gasteiger partial charge in [-0.3, -0.25) is 14.5 Å². The van der Waals surface area contributed by atoms with E-state index < -0.39 is 0 Å². The molecule has 0 radical (unpaired) electrons. The van der Waals surface area contributed by atoms with Crippen LogP contribution < -0.4 is 5.56 Å². The zero-order chi connectivity index (χ0) is 19.4. The zero-order valence-electron chi connectivity index (χ0n) is 15.8. The molecule has 0 fully saturated rings. The Balaban J connectivity index is 1.66. The number of aromatic amines is 1. The van der Waals surface area contributed by atoms with Crippen LogP contribution in [0.3, 0.4) is 0 Å². The van der Waals surface area contributed by atoms with Crippen molar-refractivity contribution in [2.75, 3.05) is 20.6 Å². The van der Waals surface area contributed by atoms with Crippen molar-refractivity contribution >= 4 is 16.8 Å². The highest BCUT2D eigenvalue weighted by Crippen LogP contribution is 2.18. The molecule has 0 bridgehead atoms. The third kappa shape index (κ3) is 4.41. The van der Waals surface area contributed by atoms with Crippen LogP contribution in [0, 0.1) is 0 Å². The normalized spacial score (nSPS) is 12.3. The molecule has 1 atom stereocenters. The number of carbonyl (C=O) groups excluding carboxylic acids is 1. The van der Waals surface area contributed by atoms with E-state index in [2.05, 4.69) is 9.97 Å². The Morgan fingerprint density at radius 2 is 1.74 bits per heavy atom. The Morgan fingerprint density at radius 3 is 2.48 bits per heavy atom. The summed E-state index contributed by atoms with van der Waals surface area (Å²) in [6, 6.07) is 17.2. The molecular weight excluding hydrogens is 340 g/mol. The van der Waals surface area contributed by atoms with Crippen molar-refractivity contribution in [1.29, 1.82) is 0 Å². The molecule has 0 aliphatic carbocycles. The van der Waals surface area contributed by atoms with E-state index in [0.717, 1.165) is 5.56 Å². The minimum Gasteiger partial charge on any atom is -0.338 e. The minimum absolute atomic E-state index is 0.00861. The molecule has 0 aliphatic heterocycles. The van der Waals surface area contributed by atoms with E-state index in [4.69, 9.17) is 0 Å². The van der Waals surface area contributed by atoms with Gasteiger partial charge in [-0.1, -0.05) is 42.5 Å². The van der Waals surface area contributed by atoms with Gasteiger partial charge in [0.15, 0.2) is 0 Å². The van der Waals surface area contributed by atoms with Gasteiger partial charge < -0.3 is 9.88 Å². The predicted octanol–water partition coefficient (Wildman–Crippen LogP) is 2.57. The van der Waals surface area contributed by atoms with Crippen molar-refractivity contribution in [1.82, 2.24) is 19.8 Å². The number of fused-ring (bicyclic) bond motifs is 1. The number of nitrogens with zero attached hydrogens (tertiary/aromatic N) is 3. The standard InChI is InChI=1S/C21H24N4O2/c1-15(16-9-5-4-6-10-16)25(3)20(26)14-24(2)13-19-22-18-12-8-7-11-17(18)21(27)23-19/h4-12,15H,13-14H2,1-3H3,(H,22,23,27)/t15-/m1/s1. The summed E-state index contributed by atoms with van der Waals surface area (Å²) in [5.41, 5.74) is 1.59. The maximum absolute atomic E-state index is 12.6. The third-order valence-corrected chi connectivity index (χ3v) is 4.74. The molecule has 0 saturated heterocycles. The van der Waals surface area contributed by atoms with Crippen LogP contribution in [0.5, 0.6) is 0 Å². The van der Waals surface area contributed by atoms with Gasteiger partial charge >= 0.3 is 0 Å². The number of benzene rings is 2. The van der Waals surface area contributed by atoms with E-state index in [1.165, 1.54) is 0 Å². The quantitative estimate of drug-likeness (QED) is 0.730. The van der Waals surface area contributed by atoms with Crippen LogP contribution in [0.1, 0.15) is 24.4 Å². The fourth-order valence-corrected chi connectivity index (χ4v) is 3.03.